The van der Waals surface area contributed by atoms with Gasteiger partial charge in [0, 0.05) is 18.7 Å². The number of carbonyl (C=O) groups is 1. The first-order valence-corrected chi connectivity index (χ1v) is 7.53. The first-order chi connectivity index (χ1) is 9.93. The Morgan fingerprint density at radius 1 is 1.38 bits per heavy atom. The van der Waals surface area contributed by atoms with Crippen LogP contribution in [0.3, 0.4) is 0 Å². The van der Waals surface area contributed by atoms with Gasteiger partial charge in [-0.1, -0.05) is 26.1 Å². The molecule has 1 aromatic rings. The molecule has 1 aliphatic heterocycles. The molecule has 0 atom stereocenters. The van der Waals surface area contributed by atoms with Crippen LogP contribution in [0.5, 0.6) is 5.75 Å². The molecule has 114 valence electrons. The Balaban J connectivity index is 2.46. The van der Waals surface area contributed by atoms with E-state index in [0.717, 1.165) is 0 Å². The SMILES string of the molecule is CCC1(CC)Oc2ccc(N)cc2N(CCC(N)=S)C1=O. The number of nitrogen functional groups attached to an aromatic ring is 1. The molecule has 0 aliphatic carbocycles. The molecular formula is C15H21N3O2S. The van der Waals surface area contributed by atoms with Crippen molar-refractivity contribution >= 4 is 34.5 Å². The van der Waals surface area contributed by atoms with E-state index in [1.54, 1.807) is 17.0 Å². The van der Waals surface area contributed by atoms with Crippen molar-refractivity contribution in [1.29, 1.82) is 0 Å². The Bertz CT molecular complexity index is 570. The standard InChI is InChI=1S/C15H21N3O2S/c1-3-15(4-2)14(19)18(8-7-13(17)21)11-9-10(16)5-6-12(11)20-15/h5-6,9H,3-4,7-8,16H2,1-2H3,(H2,17,21). The van der Waals surface area contributed by atoms with E-state index in [-0.39, 0.29) is 5.91 Å². The maximum absolute atomic E-state index is 12.9. The largest absolute Gasteiger partial charge is 0.475 e. The number of amides is 1. The number of nitrogens with two attached hydrogens (primary N) is 2. The number of fused-ring (bicyclic) bond motifs is 1. The van der Waals surface area contributed by atoms with E-state index in [4.69, 9.17) is 28.4 Å². The van der Waals surface area contributed by atoms with Gasteiger partial charge in [-0.2, -0.15) is 0 Å². The third-order valence-electron chi connectivity index (χ3n) is 3.94. The van der Waals surface area contributed by atoms with Gasteiger partial charge in [0.2, 0.25) is 0 Å². The number of carbonyl (C=O) groups excluding carboxylic acids is 1. The van der Waals surface area contributed by atoms with Crippen LogP contribution >= 0.6 is 12.2 Å². The second-order valence-electron chi connectivity index (χ2n) is 5.20. The number of rotatable bonds is 5. The number of nitrogens with zero attached hydrogens (tertiary/aromatic N) is 1. The smallest absolute Gasteiger partial charge is 0.271 e. The van der Waals surface area contributed by atoms with Crippen molar-refractivity contribution in [2.24, 2.45) is 5.73 Å². The van der Waals surface area contributed by atoms with Crippen LogP contribution in [0.15, 0.2) is 18.2 Å². The molecule has 1 aromatic carbocycles. The van der Waals surface area contributed by atoms with Gasteiger partial charge in [-0.25, -0.2) is 0 Å². The number of thiocarbonyl (C=S) groups is 1. The Labute approximate surface area is 130 Å². The van der Waals surface area contributed by atoms with Gasteiger partial charge in [0.25, 0.3) is 5.91 Å². The minimum Gasteiger partial charge on any atom is -0.475 e. The second kappa shape index (κ2) is 5.89. The zero-order valence-corrected chi connectivity index (χ0v) is 13.2. The zero-order valence-electron chi connectivity index (χ0n) is 12.4. The molecule has 0 radical (unpaired) electrons. The van der Waals surface area contributed by atoms with Crippen LogP contribution in [0.2, 0.25) is 0 Å². The lowest BCUT2D eigenvalue weighted by atomic mass is 9.92. The summed E-state index contributed by atoms with van der Waals surface area (Å²) in [6.07, 6.45) is 1.68. The van der Waals surface area contributed by atoms with Gasteiger partial charge in [0.1, 0.15) is 5.75 Å². The number of hydrogen-bond acceptors (Lipinski definition) is 4. The monoisotopic (exact) mass is 307 g/mol. The summed E-state index contributed by atoms with van der Waals surface area (Å²) in [7, 11) is 0. The van der Waals surface area contributed by atoms with Crippen molar-refractivity contribution in [2.45, 2.75) is 38.7 Å². The average Bonchev–Trinajstić information content (AvgIpc) is 2.46. The third-order valence-corrected chi connectivity index (χ3v) is 4.14. The van der Waals surface area contributed by atoms with E-state index in [9.17, 15) is 4.79 Å². The van der Waals surface area contributed by atoms with Crippen molar-refractivity contribution in [3.05, 3.63) is 18.2 Å². The van der Waals surface area contributed by atoms with E-state index in [1.807, 2.05) is 19.9 Å². The second-order valence-corrected chi connectivity index (χ2v) is 5.73. The lowest BCUT2D eigenvalue weighted by molar-refractivity contribution is -0.136. The van der Waals surface area contributed by atoms with Crippen LogP contribution in [-0.4, -0.2) is 23.0 Å². The highest BCUT2D eigenvalue weighted by Gasteiger charge is 2.45. The summed E-state index contributed by atoms with van der Waals surface area (Å²) in [5.74, 6) is 0.622. The van der Waals surface area contributed by atoms with E-state index in [0.29, 0.717) is 47.9 Å². The maximum Gasteiger partial charge on any atom is 0.271 e. The summed E-state index contributed by atoms with van der Waals surface area (Å²) in [6, 6.07) is 5.34. The average molecular weight is 307 g/mol. The van der Waals surface area contributed by atoms with Crippen molar-refractivity contribution in [3.8, 4) is 5.75 Å². The molecule has 0 fully saturated rings. The quantitative estimate of drug-likeness (QED) is 0.644. The minimum absolute atomic E-state index is 0.0538. The van der Waals surface area contributed by atoms with E-state index < -0.39 is 5.60 Å². The number of hydrogen-bond donors (Lipinski definition) is 2. The fraction of sp³-hybridized carbons (Fsp3) is 0.467. The summed E-state index contributed by atoms with van der Waals surface area (Å²) >= 11 is 4.92. The van der Waals surface area contributed by atoms with E-state index >= 15 is 0 Å². The molecule has 2 rings (SSSR count). The van der Waals surface area contributed by atoms with Crippen molar-refractivity contribution in [1.82, 2.24) is 0 Å². The van der Waals surface area contributed by atoms with Crippen molar-refractivity contribution in [3.63, 3.8) is 0 Å². The summed E-state index contributed by atoms with van der Waals surface area (Å²) in [6.45, 7) is 4.35. The Morgan fingerprint density at radius 3 is 2.62 bits per heavy atom. The Kier molecular flexibility index (Phi) is 4.37. The molecule has 0 saturated carbocycles. The Morgan fingerprint density at radius 2 is 2.05 bits per heavy atom. The van der Waals surface area contributed by atoms with Crippen LogP contribution in [-0.2, 0) is 4.79 Å². The fourth-order valence-corrected chi connectivity index (χ4v) is 2.67. The number of ether oxygens (including phenoxy) is 1. The summed E-state index contributed by atoms with van der Waals surface area (Å²) in [5, 5.41) is 0. The van der Waals surface area contributed by atoms with Gasteiger partial charge in [0.15, 0.2) is 5.60 Å². The van der Waals surface area contributed by atoms with Gasteiger partial charge < -0.3 is 21.1 Å². The molecule has 0 unspecified atom stereocenters. The zero-order chi connectivity index (χ0) is 15.6. The molecule has 4 N–H and O–H groups in total. The van der Waals surface area contributed by atoms with Crippen LogP contribution in [0.4, 0.5) is 11.4 Å². The topological polar surface area (TPSA) is 81.6 Å². The molecule has 6 heteroatoms. The highest BCUT2D eigenvalue weighted by atomic mass is 32.1. The maximum atomic E-state index is 12.9. The summed E-state index contributed by atoms with van der Waals surface area (Å²) < 4.78 is 6.01. The molecule has 0 aromatic heterocycles. The highest BCUT2D eigenvalue weighted by Crippen LogP contribution is 2.41. The minimum atomic E-state index is -0.820. The molecule has 0 saturated heterocycles. The fourth-order valence-electron chi connectivity index (χ4n) is 2.58. The molecule has 21 heavy (non-hydrogen) atoms. The lowest BCUT2D eigenvalue weighted by Crippen LogP contribution is -2.56. The van der Waals surface area contributed by atoms with Crippen LogP contribution in [0, 0.1) is 0 Å². The summed E-state index contributed by atoms with van der Waals surface area (Å²) in [5.41, 5.74) is 11.9. The molecule has 1 heterocycles. The molecule has 0 bridgehead atoms. The molecule has 0 spiro atoms. The van der Waals surface area contributed by atoms with Gasteiger partial charge >= 0.3 is 0 Å². The van der Waals surface area contributed by atoms with E-state index in [2.05, 4.69) is 0 Å². The van der Waals surface area contributed by atoms with Crippen LogP contribution in [0.25, 0.3) is 0 Å². The van der Waals surface area contributed by atoms with E-state index in [1.165, 1.54) is 0 Å². The van der Waals surface area contributed by atoms with Gasteiger partial charge in [-0.3, -0.25) is 4.79 Å². The highest BCUT2D eigenvalue weighted by molar-refractivity contribution is 7.80. The molecular weight excluding hydrogens is 286 g/mol. The number of anilines is 2. The number of benzene rings is 1. The predicted molar refractivity (Wildman–Crippen MR) is 88.6 cm³/mol. The first kappa shape index (κ1) is 15.6. The van der Waals surface area contributed by atoms with Crippen LogP contribution in [0.1, 0.15) is 33.1 Å². The first-order valence-electron chi connectivity index (χ1n) is 7.12. The lowest BCUT2D eigenvalue weighted by Gasteiger charge is -2.42. The van der Waals surface area contributed by atoms with Crippen molar-refractivity contribution in [2.75, 3.05) is 17.2 Å². The van der Waals surface area contributed by atoms with Gasteiger partial charge in [0.05, 0.1) is 10.7 Å². The molecule has 1 aliphatic rings. The molecule has 1 amide bonds. The van der Waals surface area contributed by atoms with Gasteiger partial charge in [-0.05, 0) is 31.0 Å². The predicted octanol–water partition coefficient (Wildman–Crippen LogP) is 2.23. The summed E-state index contributed by atoms with van der Waals surface area (Å²) in [4.78, 5) is 15.0. The van der Waals surface area contributed by atoms with Crippen LogP contribution < -0.4 is 21.1 Å². The normalized spacial score (nSPS) is 16.3. The van der Waals surface area contributed by atoms with Crippen molar-refractivity contribution < 1.29 is 9.53 Å². The molecule has 5 nitrogen and oxygen atoms in total. The third kappa shape index (κ3) is 2.81. The Hall–Kier alpha value is -1.82. The van der Waals surface area contributed by atoms with Gasteiger partial charge in [-0.15, -0.1) is 0 Å².